The third-order valence-electron chi connectivity index (χ3n) is 3.16. The standard InChI is InChI=1S/C16H17F2NO/c1-10-6-7-12(11(2)8-10)14(19)9-20-15-5-3-4-13(17)16(15)18/h3-8,14H,9,19H2,1-2H3. The molecule has 0 fully saturated rings. The summed E-state index contributed by atoms with van der Waals surface area (Å²) < 4.78 is 31.8. The summed E-state index contributed by atoms with van der Waals surface area (Å²) in [6.07, 6.45) is 0. The van der Waals surface area contributed by atoms with Crippen molar-refractivity contribution >= 4 is 0 Å². The van der Waals surface area contributed by atoms with E-state index < -0.39 is 17.7 Å². The molecule has 0 saturated heterocycles. The lowest BCUT2D eigenvalue weighted by atomic mass is 10.0. The Morgan fingerprint density at radius 1 is 1.15 bits per heavy atom. The van der Waals surface area contributed by atoms with Gasteiger partial charge in [-0.25, -0.2) is 4.39 Å². The van der Waals surface area contributed by atoms with Crippen molar-refractivity contribution in [2.45, 2.75) is 19.9 Å². The number of nitrogens with two attached hydrogens (primary N) is 1. The van der Waals surface area contributed by atoms with Crippen LogP contribution in [0, 0.1) is 25.5 Å². The molecule has 0 aliphatic rings. The third-order valence-corrected chi connectivity index (χ3v) is 3.16. The zero-order valence-corrected chi connectivity index (χ0v) is 11.5. The fraction of sp³-hybridized carbons (Fsp3) is 0.250. The van der Waals surface area contributed by atoms with E-state index in [1.165, 1.54) is 12.1 Å². The Labute approximate surface area is 117 Å². The predicted molar refractivity (Wildman–Crippen MR) is 74.7 cm³/mol. The topological polar surface area (TPSA) is 35.2 Å². The largest absolute Gasteiger partial charge is 0.488 e. The van der Waals surface area contributed by atoms with E-state index in [1.54, 1.807) is 0 Å². The SMILES string of the molecule is Cc1ccc(C(N)COc2cccc(F)c2F)c(C)c1. The normalized spacial score (nSPS) is 12.2. The first kappa shape index (κ1) is 14.5. The third kappa shape index (κ3) is 3.14. The molecule has 2 aromatic carbocycles. The van der Waals surface area contributed by atoms with E-state index in [-0.39, 0.29) is 12.4 Å². The number of hydrogen-bond donors (Lipinski definition) is 1. The van der Waals surface area contributed by atoms with Crippen molar-refractivity contribution < 1.29 is 13.5 Å². The van der Waals surface area contributed by atoms with E-state index in [9.17, 15) is 8.78 Å². The van der Waals surface area contributed by atoms with Crippen LogP contribution in [0.25, 0.3) is 0 Å². The summed E-state index contributed by atoms with van der Waals surface area (Å²) >= 11 is 0. The molecule has 20 heavy (non-hydrogen) atoms. The zero-order valence-electron chi connectivity index (χ0n) is 11.5. The molecular weight excluding hydrogens is 260 g/mol. The smallest absolute Gasteiger partial charge is 0.200 e. The predicted octanol–water partition coefficient (Wildman–Crippen LogP) is 3.66. The highest BCUT2D eigenvalue weighted by atomic mass is 19.2. The van der Waals surface area contributed by atoms with Gasteiger partial charge >= 0.3 is 0 Å². The lowest BCUT2D eigenvalue weighted by Crippen LogP contribution is -2.20. The Morgan fingerprint density at radius 3 is 2.60 bits per heavy atom. The van der Waals surface area contributed by atoms with Gasteiger partial charge in [0, 0.05) is 0 Å². The summed E-state index contributed by atoms with van der Waals surface area (Å²) in [4.78, 5) is 0. The molecule has 2 nitrogen and oxygen atoms in total. The van der Waals surface area contributed by atoms with E-state index >= 15 is 0 Å². The van der Waals surface area contributed by atoms with Gasteiger partial charge in [-0.1, -0.05) is 29.8 Å². The summed E-state index contributed by atoms with van der Waals surface area (Å²) in [7, 11) is 0. The lowest BCUT2D eigenvalue weighted by Gasteiger charge is -2.16. The molecule has 106 valence electrons. The van der Waals surface area contributed by atoms with Crippen molar-refractivity contribution in [2.24, 2.45) is 5.73 Å². The van der Waals surface area contributed by atoms with E-state index in [0.717, 1.165) is 22.8 Å². The molecule has 2 N–H and O–H groups in total. The van der Waals surface area contributed by atoms with Crippen LogP contribution in [0.4, 0.5) is 8.78 Å². The van der Waals surface area contributed by atoms with Crippen LogP contribution in [0.1, 0.15) is 22.7 Å². The fourth-order valence-corrected chi connectivity index (χ4v) is 2.11. The van der Waals surface area contributed by atoms with Crippen LogP contribution in [0.2, 0.25) is 0 Å². The molecule has 0 radical (unpaired) electrons. The van der Waals surface area contributed by atoms with Crippen molar-refractivity contribution in [3.05, 3.63) is 64.7 Å². The molecule has 0 bridgehead atoms. The highest BCUT2D eigenvalue weighted by Crippen LogP contribution is 2.22. The molecular formula is C16H17F2NO. The van der Waals surface area contributed by atoms with Crippen LogP contribution in [0.15, 0.2) is 36.4 Å². The molecule has 0 aromatic heterocycles. The van der Waals surface area contributed by atoms with E-state index in [4.69, 9.17) is 10.5 Å². The average Bonchev–Trinajstić information content (AvgIpc) is 2.40. The molecule has 0 saturated carbocycles. The number of halogens is 2. The number of benzene rings is 2. The minimum absolute atomic E-state index is 0.0876. The number of aryl methyl sites for hydroxylation is 2. The highest BCUT2D eigenvalue weighted by molar-refractivity contribution is 5.33. The van der Waals surface area contributed by atoms with Crippen molar-refractivity contribution in [1.29, 1.82) is 0 Å². The van der Waals surface area contributed by atoms with Gasteiger partial charge in [0.15, 0.2) is 11.6 Å². The van der Waals surface area contributed by atoms with Crippen LogP contribution >= 0.6 is 0 Å². The maximum atomic E-state index is 13.4. The second kappa shape index (κ2) is 6.01. The molecule has 0 aliphatic heterocycles. The van der Waals surface area contributed by atoms with Gasteiger partial charge in [-0.3, -0.25) is 0 Å². The van der Waals surface area contributed by atoms with Gasteiger partial charge in [0.25, 0.3) is 0 Å². The summed E-state index contributed by atoms with van der Waals surface area (Å²) in [6.45, 7) is 4.05. The minimum atomic E-state index is -0.986. The Bertz CT molecular complexity index is 613. The Kier molecular flexibility index (Phi) is 4.35. The van der Waals surface area contributed by atoms with Crippen molar-refractivity contribution in [3.8, 4) is 5.75 Å². The monoisotopic (exact) mass is 277 g/mol. The molecule has 2 rings (SSSR count). The van der Waals surface area contributed by atoms with Crippen molar-refractivity contribution in [1.82, 2.24) is 0 Å². The van der Waals surface area contributed by atoms with Crippen LogP contribution in [0.3, 0.4) is 0 Å². The van der Waals surface area contributed by atoms with Gasteiger partial charge < -0.3 is 10.5 Å². The van der Waals surface area contributed by atoms with Crippen molar-refractivity contribution in [2.75, 3.05) is 6.61 Å². The lowest BCUT2D eigenvalue weighted by molar-refractivity contribution is 0.272. The molecule has 2 aromatic rings. The quantitative estimate of drug-likeness (QED) is 0.925. The molecule has 1 unspecified atom stereocenters. The first-order valence-electron chi connectivity index (χ1n) is 6.38. The van der Waals surface area contributed by atoms with Crippen molar-refractivity contribution in [3.63, 3.8) is 0 Å². The number of rotatable bonds is 4. The van der Waals surface area contributed by atoms with Gasteiger partial charge in [0.1, 0.15) is 6.61 Å². The maximum absolute atomic E-state index is 13.4. The Morgan fingerprint density at radius 2 is 1.90 bits per heavy atom. The summed E-state index contributed by atoms with van der Waals surface area (Å²) in [5.74, 6) is -2.03. The van der Waals surface area contributed by atoms with Gasteiger partial charge in [0.05, 0.1) is 6.04 Å². The Hall–Kier alpha value is -1.94. The van der Waals surface area contributed by atoms with Crippen LogP contribution < -0.4 is 10.5 Å². The Balaban J connectivity index is 2.08. The number of hydrogen-bond acceptors (Lipinski definition) is 2. The van der Waals surface area contributed by atoms with E-state index in [2.05, 4.69) is 0 Å². The highest BCUT2D eigenvalue weighted by Gasteiger charge is 2.13. The number of ether oxygens (including phenoxy) is 1. The molecule has 4 heteroatoms. The molecule has 0 heterocycles. The van der Waals surface area contributed by atoms with E-state index in [0.29, 0.717) is 0 Å². The van der Waals surface area contributed by atoms with Crippen LogP contribution in [-0.4, -0.2) is 6.61 Å². The molecule has 0 amide bonds. The van der Waals surface area contributed by atoms with Crippen LogP contribution in [0.5, 0.6) is 5.75 Å². The summed E-state index contributed by atoms with van der Waals surface area (Å²) in [5.41, 5.74) is 9.18. The second-order valence-electron chi connectivity index (χ2n) is 4.83. The maximum Gasteiger partial charge on any atom is 0.200 e. The molecule has 0 spiro atoms. The van der Waals surface area contributed by atoms with Crippen LogP contribution in [-0.2, 0) is 0 Å². The fourth-order valence-electron chi connectivity index (χ4n) is 2.11. The molecule has 0 aliphatic carbocycles. The summed E-state index contributed by atoms with van der Waals surface area (Å²) in [5, 5.41) is 0. The van der Waals surface area contributed by atoms with Gasteiger partial charge in [-0.05, 0) is 37.1 Å². The van der Waals surface area contributed by atoms with Gasteiger partial charge in [-0.2, -0.15) is 4.39 Å². The zero-order chi connectivity index (χ0) is 14.7. The second-order valence-corrected chi connectivity index (χ2v) is 4.83. The minimum Gasteiger partial charge on any atom is -0.488 e. The first-order valence-corrected chi connectivity index (χ1v) is 6.38. The van der Waals surface area contributed by atoms with Gasteiger partial charge in [-0.15, -0.1) is 0 Å². The summed E-state index contributed by atoms with van der Waals surface area (Å²) in [6, 6.07) is 9.36. The van der Waals surface area contributed by atoms with Gasteiger partial charge in [0.2, 0.25) is 5.82 Å². The average molecular weight is 277 g/mol. The van der Waals surface area contributed by atoms with E-state index in [1.807, 2.05) is 32.0 Å². The first-order chi connectivity index (χ1) is 9.49. The molecule has 1 atom stereocenters.